The Balaban J connectivity index is 0.000000165. The number of sulfone groups is 3. The monoisotopic (exact) mass is 1560 g/mol. The summed E-state index contributed by atoms with van der Waals surface area (Å²) >= 11 is 12.0. The Morgan fingerprint density at radius 2 is 0.725 bits per heavy atom. The van der Waals surface area contributed by atoms with Gasteiger partial charge < -0.3 is 39.0 Å². The molecule has 6 aliphatic rings. The van der Waals surface area contributed by atoms with Crippen molar-refractivity contribution in [2.24, 2.45) is 35.5 Å². The number of ether oxygens (including phenoxy) is 5. The van der Waals surface area contributed by atoms with Gasteiger partial charge in [-0.05, 0) is 166 Å². The summed E-state index contributed by atoms with van der Waals surface area (Å²) in [7, 11) is -15.8. The summed E-state index contributed by atoms with van der Waals surface area (Å²) in [6.45, 7) is 15.6. The number of benzene rings is 6. The summed E-state index contributed by atoms with van der Waals surface area (Å²) in [5.41, 5.74) is -2.09. The van der Waals surface area contributed by atoms with Crippen LogP contribution in [0.3, 0.4) is 0 Å². The molecule has 3 fully saturated rings. The second kappa shape index (κ2) is 30.2. The van der Waals surface area contributed by atoms with Gasteiger partial charge in [0.25, 0.3) is 0 Å². The van der Waals surface area contributed by atoms with Crippen LogP contribution >= 0.6 is 23.2 Å². The first-order chi connectivity index (χ1) is 47.7. The van der Waals surface area contributed by atoms with Gasteiger partial charge in [-0.25, -0.2) is 51.6 Å². The summed E-state index contributed by atoms with van der Waals surface area (Å²) < 4.78 is 237. The Labute approximate surface area is 601 Å². The molecule has 0 unspecified atom stereocenters. The van der Waals surface area contributed by atoms with Gasteiger partial charge in [-0.1, -0.05) is 75.8 Å². The third-order valence-corrected chi connectivity index (χ3v) is 32.8. The van der Waals surface area contributed by atoms with Gasteiger partial charge >= 0.3 is 6.18 Å². The number of fused-ring (bicyclic) bond motifs is 9. The first-order valence-electron chi connectivity index (χ1n) is 33.7. The van der Waals surface area contributed by atoms with E-state index in [0.717, 1.165) is 60.6 Å². The zero-order chi connectivity index (χ0) is 74.7. The second-order valence-corrected chi connectivity index (χ2v) is 48.3. The molecule has 12 atom stereocenters. The highest BCUT2D eigenvalue weighted by Crippen LogP contribution is 2.62. The second-order valence-electron chi connectivity index (χ2n) is 29.6. The molecule has 0 spiro atoms. The number of hydrogen-bond donors (Lipinski definition) is 3. The molecule has 0 aromatic heterocycles. The fraction of sp³-hybridized carbons (Fsp3) is 0.500. The molecule has 30 heteroatoms. The van der Waals surface area contributed by atoms with E-state index < -0.39 is 177 Å². The molecule has 6 aromatic carbocycles. The summed E-state index contributed by atoms with van der Waals surface area (Å²) in [6.07, 6.45) is -7.08. The maximum Gasteiger partial charge on any atom is 0.416 e. The van der Waals surface area contributed by atoms with Crippen molar-refractivity contribution in [1.82, 2.24) is 0 Å². The van der Waals surface area contributed by atoms with Crippen molar-refractivity contribution in [2.45, 2.75) is 157 Å². The molecule has 558 valence electrons. The fourth-order valence-electron chi connectivity index (χ4n) is 15.9. The molecule has 0 radical (unpaired) electrons. The van der Waals surface area contributed by atoms with E-state index in [0.29, 0.717) is 41.8 Å². The molecule has 12 rings (SSSR count). The molecule has 3 saturated carbocycles. The third-order valence-electron chi connectivity index (χ3n) is 21.2. The quantitative estimate of drug-likeness (QED) is 0.0441. The van der Waals surface area contributed by atoms with E-state index in [1.165, 1.54) is 48.5 Å². The molecule has 3 aliphatic carbocycles. The van der Waals surface area contributed by atoms with Gasteiger partial charge in [-0.15, -0.1) is 0 Å². The molecule has 0 bridgehead atoms. The van der Waals surface area contributed by atoms with Crippen molar-refractivity contribution in [1.29, 1.82) is 0 Å². The highest BCUT2D eigenvalue weighted by Gasteiger charge is 2.66. The van der Waals surface area contributed by atoms with Crippen LogP contribution in [0.15, 0.2) is 124 Å². The maximum atomic E-state index is 15.4. The number of halogens is 11. The Hall–Kier alpha value is -5.25. The minimum Gasteiger partial charge on any atom is -0.490 e. The van der Waals surface area contributed by atoms with Crippen LogP contribution in [0, 0.1) is 70.4 Å². The van der Waals surface area contributed by atoms with Crippen molar-refractivity contribution >= 4 is 68.9 Å². The normalized spacial score (nSPS) is 27.0. The minimum absolute atomic E-state index is 0.00423. The average molecular weight is 1570 g/mol. The van der Waals surface area contributed by atoms with Gasteiger partial charge in [0.05, 0.1) is 88.3 Å². The molecule has 102 heavy (non-hydrogen) atoms. The van der Waals surface area contributed by atoms with E-state index >= 15 is 13.2 Å². The maximum absolute atomic E-state index is 15.4. The van der Waals surface area contributed by atoms with Crippen LogP contribution in [0.4, 0.5) is 39.5 Å². The molecular formula is C72H83Cl2F9O14S3Si2. The lowest BCUT2D eigenvalue weighted by atomic mass is 9.65. The highest BCUT2D eigenvalue weighted by molar-refractivity contribution is 7.93. The van der Waals surface area contributed by atoms with Gasteiger partial charge in [-0.2, -0.15) is 13.2 Å². The van der Waals surface area contributed by atoms with Crippen molar-refractivity contribution in [3.63, 3.8) is 0 Å². The highest BCUT2D eigenvalue weighted by atomic mass is 35.5. The van der Waals surface area contributed by atoms with E-state index in [1.807, 2.05) is 0 Å². The lowest BCUT2D eigenvalue weighted by Gasteiger charge is -2.51. The molecule has 3 heterocycles. The molecule has 3 aliphatic heterocycles. The van der Waals surface area contributed by atoms with Crippen LogP contribution in [0.1, 0.15) is 74.1 Å². The molecular weight excluding hydrogens is 1480 g/mol. The fourth-order valence-corrected chi connectivity index (χ4v) is 24.8. The van der Waals surface area contributed by atoms with Gasteiger partial charge in [-0.3, -0.25) is 0 Å². The van der Waals surface area contributed by atoms with Crippen LogP contribution in [0.2, 0.25) is 61.4 Å². The van der Waals surface area contributed by atoms with Crippen molar-refractivity contribution in [3.8, 4) is 17.2 Å². The summed E-state index contributed by atoms with van der Waals surface area (Å²) in [6, 6.07) is 21.5. The number of aliphatic hydroxyl groups excluding tert-OH is 3. The van der Waals surface area contributed by atoms with Crippen molar-refractivity contribution in [2.75, 3.05) is 46.2 Å². The van der Waals surface area contributed by atoms with Crippen LogP contribution in [0.5, 0.6) is 17.2 Å². The Morgan fingerprint density at radius 1 is 0.451 bits per heavy atom. The Bertz CT molecular complexity index is 4200. The summed E-state index contributed by atoms with van der Waals surface area (Å²) in [4.78, 5) is -0.519. The smallest absolute Gasteiger partial charge is 0.416 e. The molecule has 6 aromatic rings. The van der Waals surface area contributed by atoms with E-state index in [-0.39, 0.29) is 104 Å². The first kappa shape index (κ1) is 79.3. The summed E-state index contributed by atoms with van der Waals surface area (Å²) in [5, 5.41) is 33.1. The molecule has 0 amide bonds. The van der Waals surface area contributed by atoms with Crippen molar-refractivity contribution in [3.05, 3.63) is 176 Å². The van der Waals surface area contributed by atoms with Crippen molar-refractivity contribution < 1.29 is 104 Å². The average Bonchev–Trinajstić information content (AvgIpc) is 0.708. The topological polar surface area (TPSA) is 209 Å². The minimum atomic E-state index is -4.66. The lowest BCUT2D eigenvalue weighted by Crippen LogP contribution is -2.58. The molecule has 3 N–H and O–H groups in total. The van der Waals surface area contributed by atoms with Crippen LogP contribution in [-0.2, 0) is 59.4 Å². The van der Waals surface area contributed by atoms with E-state index in [2.05, 4.69) is 39.3 Å². The van der Waals surface area contributed by atoms with Gasteiger partial charge in [0.2, 0.25) is 0 Å². The van der Waals surface area contributed by atoms with Crippen LogP contribution in [-0.4, -0.2) is 121 Å². The largest absolute Gasteiger partial charge is 0.490 e. The van der Waals surface area contributed by atoms with Gasteiger partial charge in [0.15, 0.2) is 64.2 Å². The summed E-state index contributed by atoms with van der Waals surface area (Å²) in [5.74, 6) is -11.0. The third kappa shape index (κ3) is 14.7. The van der Waals surface area contributed by atoms with E-state index in [1.54, 1.807) is 6.92 Å². The van der Waals surface area contributed by atoms with Crippen LogP contribution in [0.25, 0.3) is 0 Å². The number of alkyl halides is 3. The van der Waals surface area contributed by atoms with Crippen LogP contribution < -0.4 is 14.2 Å². The zero-order valence-corrected chi connectivity index (χ0v) is 63.1. The Kier molecular flexibility index (Phi) is 23.5. The first-order valence-corrected chi connectivity index (χ1v) is 46.3. The predicted molar refractivity (Wildman–Crippen MR) is 371 cm³/mol. The predicted octanol–water partition coefficient (Wildman–Crippen LogP) is 15.7. The molecule has 14 nitrogen and oxygen atoms in total. The number of rotatable bonds is 17. The SMILES string of the molecule is CC[C@@H]1[C@@H](O)CC[C@@]2(S(=O)(=O)c3ccc(C(F)(F)F)cc3)c3c(F)ccc(F)c3OC[C@@H]12.C[Si](C)(C)CCOC[C@@H]1[C@@H](O)CC[C@@]2(S(=O)(=O)c3ccc(Cl)cc3)c3c(F)ccc(F)c3OC[C@@H]12.C[Si](C)(C)CCOC[C@@H]1[C@H](O)CC[C@@]2(S(=O)(=O)c3ccc(Cl)cc3)c3c(F)ccc(F)c3OC[C@@H]12. The standard InChI is InChI=1S/2C25H31ClF2O5SSi.C22H21F5O4S/c2*1-35(2,3)13-12-32-14-18-19-15-33-24-21(28)9-8-20(27)23(24)25(19,11-10-22(18)29)34(30,31)17-6-4-16(26)5-7-17;1-2-14-15-11-31-20-17(24)8-7-16(23)19(20)21(15,10-9-18(14)28)32(29,30)13-5-3-12(4-6-13)22(25,26)27/h2*4-9,18-19,22,29H,10-15H2,1-3H3;3-8,14-15,18,28H,2,9-11H2,1H3/t18-,19-,22+,25-;18-,19-,22-,25-;14-,15-,18-,21-/m000/s1. The lowest BCUT2D eigenvalue weighted by molar-refractivity contribution is -0.137. The van der Waals surface area contributed by atoms with E-state index in [4.69, 9.17) is 46.9 Å². The zero-order valence-electron chi connectivity index (χ0n) is 57.1. The Morgan fingerprint density at radius 3 is 1.01 bits per heavy atom. The number of hydrogen-bond acceptors (Lipinski definition) is 14. The molecule has 0 saturated heterocycles. The van der Waals surface area contributed by atoms with E-state index in [9.17, 15) is 66.9 Å². The van der Waals surface area contributed by atoms with Gasteiger partial charge in [0, 0.05) is 69.0 Å². The number of aliphatic hydroxyl groups is 3. The van der Waals surface area contributed by atoms with Gasteiger partial charge in [0.1, 0.15) is 31.7 Å².